The van der Waals surface area contributed by atoms with Crippen LogP contribution in [0, 0.1) is 20.8 Å². The topological polar surface area (TPSA) is 29.1 Å². The zero-order chi connectivity index (χ0) is 14.7. The molecule has 104 valence electrons. The van der Waals surface area contributed by atoms with Crippen LogP contribution in [0.1, 0.15) is 45.6 Å². The summed E-state index contributed by atoms with van der Waals surface area (Å²) < 4.78 is 0. The van der Waals surface area contributed by atoms with E-state index >= 15 is 0 Å². The number of hydrogen-bond donors (Lipinski definition) is 1. The van der Waals surface area contributed by atoms with Crippen molar-refractivity contribution in [2.24, 2.45) is 0 Å². The lowest BCUT2D eigenvalue weighted by Crippen LogP contribution is -2.27. The van der Waals surface area contributed by atoms with E-state index in [1.54, 1.807) is 0 Å². The van der Waals surface area contributed by atoms with Gasteiger partial charge in [0.15, 0.2) is 0 Å². The molecule has 0 saturated heterocycles. The van der Waals surface area contributed by atoms with E-state index in [1.807, 2.05) is 39.0 Å². The summed E-state index contributed by atoms with van der Waals surface area (Å²) in [4.78, 5) is 12.4. The number of nitrogens with one attached hydrogen (secondary N) is 1. The Bertz CT molecular complexity index is 614. The highest BCUT2D eigenvalue weighted by Gasteiger charge is 2.13. The van der Waals surface area contributed by atoms with Crippen LogP contribution in [0.2, 0.25) is 0 Å². The Hall–Kier alpha value is -2.09. The summed E-state index contributed by atoms with van der Waals surface area (Å²) in [5.74, 6) is -0.0146. The van der Waals surface area contributed by atoms with Gasteiger partial charge >= 0.3 is 0 Å². The standard InChI is InChI=1S/C18H21NO/c1-12-6-9-16(10-7-12)15(4)19-18(20)17-11-13(2)5-8-14(17)3/h5-11,15H,1-4H3,(H,19,20)/t15-/m0/s1. The summed E-state index contributed by atoms with van der Waals surface area (Å²) in [5, 5.41) is 3.06. The minimum Gasteiger partial charge on any atom is -0.346 e. The summed E-state index contributed by atoms with van der Waals surface area (Å²) in [5.41, 5.74) is 5.20. The Morgan fingerprint density at radius 2 is 1.55 bits per heavy atom. The van der Waals surface area contributed by atoms with E-state index in [0.717, 1.165) is 22.3 Å². The maximum Gasteiger partial charge on any atom is 0.252 e. The van der Waals surface area contributed by atoms with Gasteiger partial charge in [-0.1, -0.05) is 47.5 Å². The Kier molecular flexibility index (Phi) is 4.23. The van der Waals surface area contributed by atoms with Gasteiger partial charge in [0.05, 0.1) is 6.04 Å². The van der Waals surface area contributed by atoms with Crippen LogP contribution >= 0.6 is 0 Å². The van der Waals surface area contributed by atoms with E-state index in [-0.39, 0.29) is 11.9 Å². The molecule has 2 heteroatoms. The maximum atomic E-state index is 12.4. The van der Waals surface area contributed by atoms with Gasteiger partial charge in [0, 0.05) is 5.56 Å². The van der Waals surface area contributed by atoms with Gasteiger partial charge in [-0.25, -0.2) is 0 Å². The average molecular weight is 267 g/mol. The Labute approximate surface area is 120 Å². The fraction of sp³-hybridized carbons (Fsp3) is 0.278. The quantitative estimate of drug-likeness (QED) is 0.891. The first-order valence-corrected chi connectivity index (χ1v) is 6.92. The molecule has 0 aliphatic carbocycles. The average Bonchev–Trinajstić information content (AvgIpc) is 2.42. The normalized spacial score (nSPS) is 12.0. The Morgan fingerprint density at radius 1 is 0.950 bits per heavy atom. The van der Waals surface area contributed by atoms with Crippen molar-refractivity contribution < 1.29 is 4.79 Å². The van der Waals surface area contributed by atoms with Crippen molar-refractivity contribution in [3.63, 3.8) is 0 Å². The lowest BCUT2D eigenvalue weighted by atomic mass is 10.0. The van der Waals surface area contributed by atoms with Crippen molar-refractivity contribution in [1.29, 1.82) is 0 Å². The summed E-state index contributed by atoms with van der Waals surface area (Å²) in [6, 6.07) is 14.2. The number of carbonyl (C=O) groups is 1. The van der Waals surface area contributed by atoms with E-state index in [9.17, 15) is 4.79 Å². The smallest absolute Gasteiger partial charge is 0.252 e. The summed E-state index contributed by atoms with van der Waals surface area (Å²) in [7, 11) is 0. The number of carbonyl (C=O) groups excluding carboxylic acids is 1. The first-order valence-electron chi connectivity index (χ1n) is 6.92. The summed E-state index contributed by atoms with van der Waals surface area (Å²) in [6.07, 6.45) is 0. The van der Waals surface area contributed by atoms with Crippen LogP contribution in [-0.2, 0) is 0 Å². The second kappa shape index (κ2) is 5.91. The maximum absolute atomic E-state index is 12.4. The molecular weight excluding hydrogens is 246 g/mol. The molecular formula is C18H21NO. The highest BCUT2D eigenvalue weighted by Crippen LogP contribution is 2.16. The molecule has 0 heterocycles. The van der Waals surface area contributed by atoms with Gasteiger partial charge in [-0.15, -0.1) is 0 Å². The molecule has 0 radical (unpaired) electrons. The largest absolute Gasteiger partial charge is 0.346 e. The minimum absolute atomic E-state index is 0.00279. The van der Waals surface area contributed by atoms with Crippen LogP contribution in [-0.4, -0.2) is 5.91 Å². The van der Waals surface area contributed by atoms with Gasteiger partial charge < -0.3 is 5.32 Å². The number of aryl methyl sites for hydroxylation is 3. The number of hydrogen-bond acceptors (Lipinski definition) is 1. The lowest BCUT2D eigenvalue weighted by Gasteiger charge is -2.16. The molecule has 0 saturated carbocycles. The second-order valence-electron chi connectivity index (χ2n) is 5.42. The highest BCUT2D eigenvalue weighted by molar-refractivity contribution is 5.96. The molecule has 2 aromatic carbocycles. The monoisotopic (exact) mass is 267 g/mol. The van der Waals surface area contributed by atoms with Gasteiger partial charge in [0.1, 0.15) is 0 Å². The molecule has 2 nitrogen and oxygen atoms in total. The molecule has 1 atom stereocenters. The molecule has 0 aliphatic heterocycles. The zero-order valence-electron chi connectivity index (χ0n) is 12.5. The molecule has 0 fully saturated rings. The van der Waals surface area contributed by atoms with E-state index < -0.39 is 0 Å². The third-order valence-electron chi connectivity index (χ3n) is 3.56. The molecule has 0 unspecified atom stereocenters. The van der Waals surface area contributed by atoms with E-state index in [2.05, 4.69) is 36.5 Å². The van der Waals surface area contributed by atoms with Gasteiger partial charge in [0.2, 0.25) is 0 Å². The second-order valence-corrected chi connectivity index (χ2v) is 5.42. The Morgan fingerprint density at radius 3 is 2.20 bits per heavy atom. The van der Waals surface area contributed by atoms with Crippen molar-refractivity contribution in [3.8, 4) is 0 Å². The third kappa shape index (κ3) is 3.27. The van der Waals surface area contributed by atoms with Crippen molar-refractivity contribution in [3.05, 3.63) is 70.3 Å². The molecule has 2 aromatic rings. The van der Waals surface area contributed by atoms with Crippen molar-refractivity contribution >= 4 is 5.91 Å². The number of benzene rings is 2. The molecule has 2 rings (SSSR count). The third-order valence-corrected chi connectivity index (χ3v) is 3.56. The van der Waals surface area contributed by atoms with Crippen molar-refractivity contribution in [2.45, 2.75) is 33.7 Å². The van der Waals surface area contributed by atoms with Crippen LogP contribution in [0.3, 0.4) is 0 Å². The first kappa shape index (κ1) is 14.3. The van der Waals surface area contributed by atoms with Gasteiger partial charge in [-0.05, 0) is 44.9 Å². The molecule has 20 heavy (non-hydrogen) atoms. The summed E-state index contributed by atoms with van der Waals surface area (Å²) >= 11 is 0. The van der Waals surface area contributed by atoms with Crippen molar-refractivity contribution in [2.75, 3.05) is 0 Å². The van der Waals surface area contributed by atoms with E-state index in [4.69, 9.17) is 0 Å². The molecule has 1 amide bonds. The molecule has 1 N–H and O–H groups in total. The van der Waals surface area contributed by atoms with Crippen LogP contribution in [0.15, 0.2) is 42.5 Å². The number of amides is 1. The Balaban J connectivity index is 2.15. The molecule has 0 spiro atoms. The van der Waals surface area contributed by atoms with Crippen LogP contribution in [0.5, 0.6) is 0 Å². The SMILES string of the molecule is Cc1ccc([C@H](C)NC(=O)c2cc(C)ccc2C)cc1. The minimum atomic E-state index is -0.0146. The lowest BCUT2D eigenvalue weighted by molar-refractivity contribution is 0.0939. The number of rotatable bonds is 3. The van der Waals surface area contributed by atoms with E-state index in [0.29, 0.717) is 0 Å². The fourth-order valence-electron chi connectivity index (χ4n) is 2.19. The van der Waals surface area contributed by atoms with Crippen molar-refractivity contribution in [1.82, 2.24) is 5.32 Å². The predicted octanol–water partition coefficient (Wildman–Crippen LogP) is 4.10. The van der Waals surface area contributed by atoms with Crippen LogP contribution in [0.25, 0.3) is 0 Å². The predicted molar refractivity (Wildman–Crippen MR) is 83.0 cm³/mol. The van der Waals surface area contributed by atoms with Gasteiger partial charge in [0.25, 0.3) is 5.91 Å². The first-order chi connectivity index (χ1) is 9.47. The van der Waals surface area contributed by atoms with Gasteiger partial charge in [-0.3, -0.25) is 4.79 Å². The molecule has 0 bridgehead atoms. The fourth-order valence-corrected chi connectivity index (χ4v) is 2.19. The van der Waals surface area contributed by atoms with Crippen LogP contribution < -0.4 is 5.32 Å². The molecule has 0 aliphatic rings. The van der Waals surface area contributed by atoms with E-state index in [1.165, 1.54) is 5.56 Å². The highest BCUT2D eigenvalue weighted by atomic mass is 16.1. The molecule has 0 aromatic heterocycles. The van der Waals surface area contributed by atoms with Gasteiger partial charge in [-0.2, -0.15) is 0 Å². The van der Waals surface area contributed by atoms with Crippen LogP contribution in [0.4, 0.5) is 0 Å². The zero-order valence-corrected chi connectivity index (χ0v) is 12.5. The summed E-state index contributed by atoms with van der Waals surface area (Å²) in [6.45, 7) is 8.03.